The largest absolute Gasteiger partial charge is 0.366 e. The summed E-state index contributed by atoms with van der Waals surface area (Å²) in [5, 5.41) is 9.79. The molecule has 5 rings (SSSR count). The maximum absolute atomic E-state index is 14.4. The van der Waals surface area contributed by atoms with Crippen molar-refractivity contribution < 1.29 is 9.18 Å². The standard InChI is InChI=1S/C30H28FN5O2S2/c1-19-22(17-26-29(38)36(30(39)40-26)20(2)21-9-5-4-6-10-21)27(33(3)28(37)23(19)18-32)35-15-13-34(14-16-35)25-12-8-7-11-24(25)31/h4-12,17,20H,13-16H2,1-3H3. The SMILES string of the molecule is Cc1c(C=C2SC(=S)N(C(C)c3ccccc3)C2=O)c(N2CCN(c3ccccc3F)CC2)n(C)c(=O)c1C#N. The Morgan fingerprint density at radius 2 is 1.65 bits per heavy atom. The minimum absolute atomic E-state index is 0.0376. The van der Waals surface area contributed by atoms with Crippen molar-refractivity contribution in [2.24, 2.45) is 7.05 Å². The number of thioether (sulfide) groups is 1. The zero-order valence-electron chi connectivity index (χ0n) is 22.4. The van der Waals surface area contributed by atoms with Gasteiger partial charge in [-0.25, -0.2) is 4.39 Å². The Hall–Kier alpha value is -3.94. The van der Waals surface area contributed by atoms with Gasteiger partial charge >= 0.3 is 0 Å². The molecular formula is C30H28FN5O2S2. The first-order chi connectivity index (χ1) is 19.2. The van der Waals surface area contributed by atoms with Crippen molar-refractivity contribution in [3.8, 4) is 6.07 Å². The Labute approximate surface area is 242 Å². The fraction of sp³-hybridized carbons (Fsp3) is 0.267. The van der Waals surface area contributed by atoms with Crippen LogP contribution in [0.15, 0.2) is 64.3 Å². The maximum Gasteiger partial charge on any atom is 0.270 e. The van der Waals surface area contributed by atoms with E-state index in [1.165, 1.54) is 22.4 Å². The summed E-state index contributed by atoms with van der Waals surface area (Å²) in [5.74, 6) is 0.134. The fourth-order valence-corrected chi connectivity index (χ4v) is 6.69. The number of halogens is 1. The van der Waals surface area contributed by atoms with E-state index in [2.05, 4.69) is 4.90 Å². The van der Waals surface area contributed by atoms with Crippen molar-refractivity contribution in [2.45, 2.75) is 19.9 Å². The maximum atomic E-state index is 14.4. The van der Waals surface area contributed by atoms with Crippen LogP contribution in [0.2, 0.25) is 0 Å². The molecule has 1 amide bonds. The molecule has 3 heterocycles. The number of thiocarbonyl (C=S) groups is 1. The molecule has 1 unspecified atom stereocenters. The van der Waals surface area contributed by atoms with Gasteiger partial charge in [-0.3, -0.25) is 19.1 Å². The summed E-state index contributed by atoms with van der Waals surface area (Å²) in [6.45, 7) is 5.82. The van der Waals surface area contributed by atoms with Gasteiger partial charge in [0.05, 0.1) is 16.6 Å². The highest BCUT2D eigenvalue weighted by Crippen LogP contribution is 2.39. The lowest BCUT2D eigenvalue weighted by atomic mass is 10.0. The summed E-state index contributed by atoms with van der Waals surface area (Å²) in [4.78, 5) is 32.9. The van der Waals surface area contributed by atoms with Crippen molar-refractivity contribution in [1.82, 2.24) is 9.47 Å². The second-order valence-corrected chi connectivity index (χ2v) is 11.5. The van der Waals surface area contributed by atoms with Crippen LogP contribution in [0.5, 0.6) is 0 Å². The van der Waals surface area contributed by atoms with Crippen molar-refractivity contribution in [1.29, 1.82) is 5.26 Å². The first-order valence-corrected chi connectivity index (χ1v) is 14.2. The number of para-hydroxylation sites is 1. The van der Waals surface area contributed by atoms with Gasteiger partial charge in [0.25, 0.3) is 11.5 Å². The van der Waals surface area contributed by atoms with Crippen LogP contribution in [0.25, 0.3) is 6.08 Å². The minimum Gasteiger partial charge on any atom is -0.366 e. The van der Waals surface area contributed by atoms with Crippen LogP contribution in [0.4, 0.5) is 15.9 Å². The van der Waals surface area contributed by atoms with Crippen molar-refractivity contribution in [2.75, 3.05) is 36.0 Å². The highest BCUT2D eigenvalue weighted by molar-refractivity contribution is 8.26. The topological polar surface area (TPSA) is 72.6 Å². The smallest absolute Gasteiger partial charge is 0.270 e. The number of carbonyl (C=O) groups excluding carboxylic acids is 1. The second-order valence-electron chi connectivity index (χ2n) is 9.78. The summed E-state index contributed by atoms with van der Waals surface area (Å²) in [6.07, 6.45) is 1.76. The van der Waals surface area contributed by atoms with Crippen LogP contribution in [0, 0.1) is 24.1 Å². The number of amides is 1. The molecule has 204 valence electrons. The Kier molecular flexibility index (Phi) is 7.79. The molecule has 0 N–H and O–H groups in total. The van der Waals surface area contributed by atoms with Crippen LogP contribution in [0.1, 0.15) is 35.2 Å². The summed E-state index contributed by atoms with van der Waals surface area (Å²) in [6, 6.07) is 18.2. The van der Waals surface area contributed by atoms with E-state index >= 15 is 0 Å². The number of pyridine rings is 1. The highest BCUT2D eigenvalue weighted by atomic mass is 32.2. The molecule has 40 heavy (non-hydrogen) atoms. The van der Waals surface area contributed by atoms with Crippen LogP contribution in [-0.4, -0.2) is 45.9 Å². The van der Waals surface area contributed by atoms with E-state index in [4.69, 9.17) is 12.2 Å². The minimum atomic E-state index is -0.395. The van der Waals surface area contributed by atoms with Gasteiger partial charge in [-0.1, -0.05) is 66.4 Å². The van der Waals surface area contributed by atoms with E-state index in [9.17, 15) is 19.2 Å². The molecule has 3 aromatic rings. The van der Waals surface area contributed by atoms with E-state index in [1.54, 1.807) is 37.1 Å². The molecule has 2 aliphatic rings. The Morgan fingerprint density at radius 1 is 1.02 bits per heavy atom. The Balaban J connectivity index is 1.52. The van der Waals surface area contributed by atoms with E-state index in [0.29, 0.717) is 58.0 Å². The molecular weight excluding hydrogens is 545 g/mol. The number of hydrogen-bond donors (Lipinski definition) is 0. The second kappa shape index (κ2) is 11.3. The number of piperazine rings is 1. The van der Waals surface area contributed by atoms with Crippen LogP contribution >= 0.6 is 24.0 Å². The van der Waals surface area contributed by atoms with Crippen molar-refractivity contribution in [3.63, 3.8) is 0 Å². The number of nitriles is 1. The molecule has 2 aliphatic heterocycles. The molecule has 2 fully saturated rings. The third-order valence-electron chi connectivity index (χ3n) is 7.51. The first kappa shape index (κ1) is 27.6. The lowest BCUT2D eigenvalue weighted by Crippen LogP contribution is -2.48. The van der Waals surface area contributed by atoms with Gasteiger partial charge in [0, 0.05) is 38.8 Å². The lowest BCUT2D eigenvalue weighted by molar-refractivity contribution is -0.123. The molecule has 0 saturated carbocycles. The average molecular weight is 574 g/mol. The van der Waals surface area contributed by atoms with Gasteiger partial charge in [-0.05, 0) is 43.2 Å². The van der Waals surface area contributed by atoms with Crippen molar-refractivity contribution in [3.05, 3.63) is 97.9 Å². The Morgan fingerprint density at radius 3 is 2.30 bits per heavy atom. The molecule has 0 radical (unpaired) electrons. The van der Waals surface area contributed by atoms with E-state index in [0.717, 1.165) is 5.56 Å². The molecule has 0 aliphatic carbocycles. The molecule has 0 bridgehead atoms. The predicted molar refractivity (Wildman–Crippen MR) is 162 cm³/mol. The van der Waals surface area contributed by atoms with Gasteiger partial charge in [-0.15, -0.1) is 0 Å². The lowest BCUT2D eigenvalue weighted by Gasteiger charge is -2.38. The van der Waals surface area contributed by atoms with Gasteiger partial charge in [-0.2, -0.15) is 5.26 Å². The van der Waals surface area contributed by atoms with E-state index in [1.807, 2.05) is 54.3 Å². The predicted octanol–water partition coefficient (Wildman–Crippen LogP) is 4.99. The number of nitrogens with zero attached hydrogens (tertiary/aromatic N) is 5. The summed E-state index contributed by atoms with van der Waals surface area (Å²) in [7, 11) is 1.64. The Bertz CT molecular complexity index is 1620. The molecule has 2 saturated heterocycles. The molecule has 0 spiro atoms. The third-order valence-corrected chi connectivity index (χ3v) is 8.84. The first-order valence-electron chi connectivity index (χ1n) is 12.9. The zero-order valence-corrected chi connectivity index (χ0v) is 24.1. The molecule has 1 atom stereocenters. The number of anilines is 2. The number of benzene rings is 2. The number of aromatic nitrogens is 1. The van der Waals surface area contributed by atoms with E-state index < -0.39 is 5.56 Å². The van der Waals surface area contributed by atoms with E-state index in [-0.39, 0.29) is 23.3 Å². The van der Waals surface area contributed by atoms with Gasteiger partial charge in [0.2, 0.25) is 0 Å². The third kappa shape index (κ3) is 4.91. The van der Waals surface area contributed by atoms with Gasteiger partial charge in [0.1, 0.15) is 27.6 Å². The van der Waals surface area contributed by atoms with Crippen LogP contribution in [0.3, 0.4) is 0 Å². The average Bonchev–Trinajstić information content (AvgIpc) is 3.24. The summed E-state index contributed by atoms with van der Waals surface area (Å²) < 4.78 is 16.3. The fourth-order valence-electron chi connectivity index (χ4n) is 5.29. The molecule has 10 heteroatoms. The molecule has 2 aromatic carbocycles. The summed E-state index contributed by atoms with van der Waals surface area (Å²) >= 11 is 6.83. The van der Waals surface area contributed by atoms with Gasteiger partial charge < -0.3 is 9.80 Å². The quantitative estimate of drug-likeness (QED) is 0.315. The molecule has 1 aromatic heterocycles. The monoisotopic (exact) mass is 573 g/mol. The van der Waals surface area contributed by atoms with Crippen molar-refractivity contribution >= 4 is 51.8 Å². The highest BCUT2D eigenvalue weighted by Gasteiger charge is 2.37. The number of rotatable bonds is 5. The van der Waals surface area contributed by atoms with Crippen LogP contribution < -0.4 is 15.4 Å². The van der Waals surface area contributed by atoms with Gasteiger partial charge in [0.15, 0.2) is 0 Å². The normalized spacial score (nSPS) is 17.5. The molecule has 7 nitrogen and oxygen atoms in total. The van der Waals surface area contributed by atoms with Crippen LogP contribution in [-0.2, 0) is 11.8 Å². The zero-order chi connectivity index (χ0) is 28.6. The number of hydrogen-bond acceptors (Lipinski definition) is 7. The number of carbonyl (C=O) groups is 1. The summed E-state index contributed by atoms with van der Waals surface area (Å²) in [5.41, 5.74) is 2.30.